The van der Waals surface area contributed by atoms with Crippen LogP contribution >= 0.6 is 0 Å². The highest BCUT2D eigenvalue weighted by molar-refractivity contribution is 5.87. The minimum absolute atomic E-state index is 0.000588. The van der Waals surface area contributed by atoms with E-state index in [0.29, 0.717) is 5.56 Å². The Balaban J connectivity index is 1.87. The first-order chi connectivity index (χ1) is 13.6. The average molecular weight is 400 g/mol. The maximum absolute atomic E-state index is 12.7. The lowest BCUT2D eigenvalue weighted by Crippen LogP contribution is -2.46. The lowest BCUT2D eigenvalue weighted by molar-refractivity contribution is -0.0415. The second-order valence-corrected chi connectivity index (χ2v) is 7.70. The summed E-state index contributed by atoms with van der Waals surface area (Å²) in [6.07, 6.45) is -2.20. The van der Waals surface area contributed by atoms with E-state index in [4.69, 9.17) is 9.15 Å². The van der Waals surface area contributed by atoms with Crippen LogP contribution in [-0.4, -0.2) is 37.2 Å². The van der Waals surface area contributed by atoms with Crippen molar-refractivity contribution in [3.8, 4) is 23.0 Å². The van der Waals surface area contributed by atoms with Gasteiger partial charge in [-0.15, -0.1) is 0 Å². The number of benzene rings is 2. The minimum Gasteiger partial charge on any atom is -0.508 e. The third-order valence-corrected chi connectivity index (χ3v) is 5.16. The summed E-state index contributed by atoms with van der Waals surface area (Å²) in [6, 6.07) is 6.03. The first kappa shape index (κ1) is 19.1. The topological polar surface area (TPSA) is 141 Å². The van der Waals surface area contributed by atoms with Crippen LogP contribution in [0.15, 0.2) is 39.5 Å². The molecule has 4 rings (SSSR count). The molecule has 3 aromatic rings. The van der Waals surface area contributed by atoms with Crippen LogP contribution in [0.3, 0.4) is 0 Å². The van der Waals surface area contributed by atoms with Gasteiger partial charge in [0.05, 0.1) is 6.10 Å². The number of aromatic hydroxyl groups is 3. The lowest BCUT2D eigenvalue weighted by Gasteiger charge is -2.37. The fourth-order valence-corrected chi connectivity index (χ4v) is 3.49. The highest BCUT2D eigenvalue weighted by Gasteiger charge is 2.38. The van der Waals surface area contributed by atoms with Gasteiger partial charge in [0.1, 0.15) is 51.4 Å². The SMILES string of the molecule is CC1(C)Oc2cc3oc(C(O)c4cc(O)cc(O)c4)cc(=O)c3c(O)c2CC1O. The van der Waals surface area contributed by atoms with Crippen LogP contribution in [0.2, 0.25) is 0 Å². The van der Waals surface area contributed by atoms with Gasteiger partial charge in [0.25, 0.3) is 0 Å². The first-order valence-electron chi connectivity index (χ1n) is 8.97. The number of hydrogen-bond donors (Lipinski definition) is 5. The van der Waals surface area contributed by atoms with E-state index in [0.717, 1.165) is 12.1 Å². The predicted molar refractivity (Wildman–Crippen MR) is 102 cm³/mol. The summed E-state index contributed by atoms with van der Waals surface area (Å²) < 4.78 is 11.4. The largest absolute Gasteiger partial charge is 0.508 e. The molecule has 2 heterocycles. The summed E-state index contributed by atoms with van der Waals surface area (Å²) in [5.41, 5.74) is -1.07. The Kier molecular flexibility index (Phi) is 4.21. The molecular formula is C21H20O8. The van der Waals surface area contributed by atoms with E-state index in [1.165, 1.54) is 18.2 Å². The standard InChI is InChI=1S/C21H20O8/c1-21(2)17(25)6-12-14(29-21)8-15-18(20(12)27)13(24)7-16(28-15)19(26)9-3-10(22)5-11(23)4-9/h3-5,7-8,17,19,22-23,25-27H,6H2,1-2H3. The highest BCUT2D eigenvalue weighted by Crippen LogP contribution is 2.42. The van der Waals surface area contributed by atoms with Gasteiger partial charge in [-0.3, -0.25) is 4.79 Å². The van der Waals surface area contributed by atoms with Gasteiger partial charge in [-0.1, -0.05) is 0 Å². The summed E-state index contributed by atoms with van der Waals surface area (Å²) in [5.74, 6) is -0.722. The molecule has 5 N–H and O–H groups in total. The summed E-state index contributed by atoms with van der Waals surface area (Å²) in [7, 11) is 0. The number of aliphatic hydroxyl groups excluding tert-OH is 2. The third kappa shape index (κ3) is 3.16. The number of fused-ring (bicyclic) bond motifs is 2. The zero-order chi connectivity index (χ0) is 21.1. The molecule has 0 fully saturated rings. The number of phenolic OH excluding ortho intramolecular Hbond substituents is 3. The Hall–Kier alpha value is -3.23. The van der Waals surface area contributed by atoms with Crippen LogP contribution < -0.4 is 10.2 Å². The predicted octanol–water partition coefficient (Wildman–Crippen LogP) is 2.07. The van der Waals surface area contributed by atoms with Gasteiger partial charge in [0, 0.05) is 30.2 Å². The molecule has 8 nitrogen and oxygen atoms in total. The smallest absolute Gasteiger partial charge is 0.196 e. The molecule has 1 aliphatic rings. The Bertz CT molecular complexity index is 1160. The van der Waals surface area contributed by atoms with Crippen molar-refractivity contribution in [3.05, 3.63) is 57.4 Å². The van der Waals surface area contributed by atoms with Crippen LogP contribution in [0, 0.1) is 0 Å². The van der Waals surface area contributed by atoms with Crippen molar-refractivity contribution in [2.75, 3.05) is 0 Å². The van der Waals surface area contributed by atoms with Gasteiger partial charge < -0.3 is 34.7 Å². The van der Waals surface area contributed by atoms with Crippen molar-refractivity contribution in [3.63, 3.8) is 0 Å². The average Bonchev–Trinajstić information content (AvgIpc) is 2.61. The van der Waals surface area contributed by atoms with Crippen LogP contribution in [0.25, 0.3) is 11.0 Å². The van der Waals surface area contributed by atoms with Crippen molar-refractivity contribution < 1.29 is 34.7 Å². The highest BCUT2D eigenvalue weighted by atomic mass is 16.5. The molecular weight excluding hydrogens is 380 g/mol. The van der Waals surface area contributed by atoms with Crippen molar-refractivity contribution in [2.24, 2.45) is 0 Å². The van der Waals surface area contributed by atoms with Gasteiger partial charge >= 0.3 is 0 Å². The zero-order valence-corrected chi connectivity index (χ0v) is 15.7. The van der Waals surface area contributed by atoms with E-state index in [2.05, 4.69) is 0 Å². The maximum Gasteiger partial charge on any atom is 0.196 e. The Labute approximate surface area is 164 Å². The van der Waals surface area contributed by atoms with E-state index in [-0.39, 0.29) is 51.7 Å². The third-order valence-electron chi connectivity index (χ3n) is 5.16. The second kappa shape index (κ2) is 6.40. The van der Waals surface area contributed by atoms with E-state index in [1.807, 2.05) is 0 Å². The van der Waals surface area contributed by atoms with Gasteiger partial charge in [0.15, 0.2) is 5.43 Å². The van der Waals surface area contributed by atoms with Crippen LogP contribution in [-0.2, 0) is 6.42 Å². The van der Waals surface area contributed by atoms with Crippen molar-refractivity contribution in [1.29, 1.82) is 0 Å². The molecule has 1 aromatic heterocycles. The number of hydrogen-bond acceptors (Lipinski definition) is 8. The number of rotatable bonds is 2. The monoisotopic (exact) mass is 400 g/mol. The number of phenols is 3. The maximum atomic E-state index is 12.7. The Morgan fingerprint density at radius 1 is 1.07 bits per heavy atom. The van der Waals surface area contributed by atoms with E-state index >= 15 is 0 Å². The summed E-state index contributed by atoms with van der Waals surface area (Å²) >= 11 is 0. The molecule has 0 saturated carbocycles. The van der Waals surface area contributed by atoms with E-state index in [1.54, 1.807) is 13.8 Å². The Morgan fingerprint density at radius 3 is 2.38 bits per heavy atom. The molecule has 2 unspecified atom stereocenters. The summed E-state index contributed by atoms with van der Waals surface area (Å²) in [6.45, 7) is 3.40. The van der Waals surface area contributed by atoms with Gasteiger partial charge in [-0.25, -0.2) is 0 Å². The Morgan fingerprint density at radius 2 is 1.72 bits per heavy atom. The normalized spacial score (nSPS) is 18.8. The second-order valence-electron chi connectivity index (χ2n) is 7.70. The molecule has 2 aromatic carbocycles. The van der Waals surface area contributed by atoms with Crippen molar-refractivity contribution in [1.82, 2.24) is 0 Å². The molecule has 8 heteroatoms. The fourth-order valence-electron chi connectivity index (χ4n) is 3.49. The van der Waals surface area contributed by atoms with Crippen LogP contribution in [0.4, 0.5) is 0 Å². The molecule has 152 valence electrons. The van der Waals surface area contributed by atoms with Gasteiger partial charge in [-0.05, 0) is 31.5 Å². The molecule has 1 aliphatic heterocycles. The number of ether oxygens (including phenoxy) is 1. The molecule has 2 atom stereocenters. The first-order valence-corrected chi connectivity index (χ1v) is 8.97. The molecule has 0 amide bonds. The summed E-state index contributed by atoms with van der Waals surface area (Å²) in [5, 5.41) is 50.6. The van der Waals surface area contributed by atoms with Gasteiger partial charge in [0.2, 0.25) is 0 Å². The number of aliphatic hydroxyl groups is 2. The zero-order valence-electron chi connectivity index (χ0n) is 15.7. The summed E-state index contributed by atoms with van der Waals surface area (Å²) in [4.78, 5) is 12.7. The molecule has 0 radical (unpaired) electrons. The van der Waals surface area contributed by atoms with Crippen molar-refractivity contribution in [2.45, 2.75) is 38.1 Å². The quantitative estimate of drug-likeness (QED) is 0.440. The van der Waals surface area contributed by atoms with E-state index in [9.17, 15) is 30.3 Å². The van der Waals surface area contributed by atoms with Crippen molar-refractivity contribution >= 4 is 11.0 Å². The molecule has 0 spiro atoms. The molecule has 0 aliphatic carbocycles. The van der Waals surface area contributed by atoms with Crippen LogP contribution in [0.5, 0.6) is 23.0 Å². The molecule has 0 saturated heterocycles. The lowest BCUT2D eigenvalue weighted by atomic mass is 9.90. The molecule has 0 bridgehead atoms. The molecule has 29 heavy (non-hydrogen) atoms. The van der Waals surface area contributed by atoms with E-state index < -0.39 is 23.2 Å². The minimum atomic E-state index is -1.44. The van der Waals surface area contributed by atoms with Gasteiger partial charge in [-0.2, -0.15) is 0 Å². The fraction of sp³-hybridized carbons (Fsp3) is 0.286. The van der Waals surface area contributed by atoms with Crippen LogP contribution in [0.1, 0.15) is 36.8 Å².